The second-order valence-electron chi connectivity index (χ2n) is 10.6. The van der Waals surface area contributed by atoms with Gasteiger partial charge in [-0.2, -0.15) is 0 Å². The van der Waals surface area contributed by atoms with E-state index in [0.717, 1.165) is 11.6 Å². The molecule has 0 radical (unpaired) electrons. The lowest BCUT2D eigenvalue weighted by Crippen LogP contribution is -2.31. The van der Waals surface area contributed by atoms with Crippen LogP contribution in [-0.2, 0) is 16.1 Å². The molecule has 0 aliphatic rings. The van der Waals surface area contributed by atoms with Crippen molar-refractivity contribution in [2.75, 3.05) is 13.2 Å². The number of esters is 2. The number of aliphatic hydroxyl groups is 1. The quantitative estimate of drug-likeness (QED) is 0.0393. The first kappa shape index (κ1) is 34.8. The van der Waals surface area contributed by atoms with E-state index in [1.54, 1.807) is 91.9 Å². The topological polar surface area (TPSA) is 141 Å². The molecule has 0 amide bonds. The van der Waals surface area contributed by atoms with Crippen molar-refractivity contribution in [2.45, 2.75) is 39.6 Å². The Morgan fingerprint density at radius 1 is 0.809 bits per heavy atom. The standard InChI is InChI=1S/C36H37BO10/c1-4-34(38)44-22-8-7-21-43-29-17-15-28(16-18-29)36(40)47-32-20-19-31(24(2)25(32)3)46-35(39)27-13-11-26(12-14-27)23-45-33-10-6-5-9-30(33)37(41)42/h4-6,9-20,36,40-42H,1,7-8,21-23H2,2-3H3. The number of para-hydroxylation sites is 1. The van der Waals surface area contributed by atoms with Gasteiger partial charge in [0, 0.05) is 17.1 Å². The van der Waals surface area contributed by atoms with E-state index < -0.39 is 25.3 Å². The molecule has 4 rings (SSSR count). The smallest absolute Gasteiger partial charge is 0.492 e. The van der Waals surface area contributed by atoms with Gasteiger partial charge in [0.1, 0.15) is 29.6 Å². The number of rotatable bonds is 16. The Labute approximate surface area is 273 Å². The highest BCUT2D eigenvalue weighted by molar-refractivity contribution is 6.59. The first-order valence-corrected chi connectivity index (χ1v) is 15.0. The third kappa shape index (κ3) is 9.94. The van der Waals surface area contributed by atoms with Gasteiger partial charge in [-0.3, -0.25) is 0 Å². The predicted octanol–water partition coefficient (Wildman–Crippen LogP) is 4.74. The lowest BCUT2D eigenvalue weighted by molar-refractivity contribution is -0.137. The van der Waals surface area contributed by atoms with Crippen molar-refractivity contribution in [3.8, 4) is 23.0 Å². The Morgan fingerprint density at radius 3 is 2.17 bits per heavy atom. The van der Waals surface area contributed by atoms with Crippen LogP contribution in [0.2, 0.25) is 0 Å². The number of hydrogen-bond donors (Lipinski definition) is 3. The molecule has 1 atom stereocenters. The van der Waals surface area contributed by atoms with Crippen LogP contribution in [0.25, 0.3) is 0 Å². The molecule has 10 nitrogen and oxygen atoms in total. The van der Waals surface area contributed by atoms with Crippen LogP contribution in [0, 0.1) is 13.8 Å². The van der Waals surface area contributed by atoms with Crippen LogP contribution in [0.4, 0.5) is 0 Å². The monoisotopic (exact) mass is 640 g/mol. The van der Waals surface area contributed by atoms with E-state index in [0.29, 0.717) is 71.3 Å². The summed E-state index contributed by atoms with van der Waals surface area (Å²) in [6.45, 7) is 7.89. The second-order valence-corrected chi connectivity index (χ2v) is 10.6. The van der Waals surface area contributed by atoms with Gasteiger partial charge in [-0.1, -0.05) is 36.9 Å². The number of aliphatic hydroxyl groups excluding tert-OH is 1. The number of carbonyl (C=O) groups excluding carboxylic acids is 2. The van der Waals surface area contributed by atoms with Crippen LogP contribution in [0.3, 0.4) is 0 Å². The largest absolute Gasteiger partial charge is 0.494 e. The summed E-state index contributed by atoms with van der Waals surface area (Å²) in [6, 6.07) is 23.5. The maximum atomic E-state index is 12.9. The summed E-state index contributed by atoms with van der Waals surface area (Å²) in [7, 11) is -1.65. The molecule has 0 aliphatic carbocycles. The van der Waals surface area contributed by atoms with E-state index in [1.165, 1.54) is 0 Å². The normalized spacial score (nSPS) is 11.3. The van der Waals surface area contributed by atoms with E-state index in [-0.39, 0.29) is 12.1 Å². The molecule has 3 N–H and O–H groups in total. The highest BCUT2D eigenvalue weighted by Crippen LogP contribution is 2.32. The summed E-state index contributed by atoms with van der Waals surface area (Å²) in [5, 5.41) is 29.7. The number of hydrogen-bond acceptors (Lipinski definition) is 10. The maximum Gasteiger partial charge on any atom is 0.492 e. The van der Waals surface area contributed by atoms with Crippen LogP contribution in [0.1, 0.15) is 51.7 Å². The van der Waals surface area contributed by atoms with Gasteiger partial charge in [0.05, 0.1) is 18.8 Å². The highest BCUT2D eigenvalue weighted by atomic mass is 16.6. The number of unbranched alkanes of at least 4 members (excludes halogenated alkanes) is 1. The molecule has 0 bridgehead atoms. The minimum absolute atomic E-state index is 0.167. The van der Waals surface area contributed by atoms with Crippen molar-refractivity contribution in [1.29, 1.82) is 0 Å². The van der Waals surface area contributed by atoms with Gasteiger partial charge in [-0.05, 0) is 98.0 Å². The van der Waals surface area contributed by atoms with Crippen LogP contribution in [0.15, 0.2) is 97.6 Å². The average Bonchev–Trinajstić information content (AvgIpc) is 3.09. The van der Waals surface area contributed by atoms with Crippen LogP contribution >= 0.6 is 0 Å². The Kier molecular flexibility index (Phi) is 12.6. The lowest BCUT2D eigenvalue weighted by Gasteiger charge is -2.18. The van der Waals surface area contributed by atoms with Crippen LogP contribution in [-0.4, -0.2) is 47.4 Å². The minimum Gasteiger partial charge on any atom is -0.494 e. The summed E-state index contributed by atoms with van der Waals surface area (Å²) in [4.78, 5) is 23.9. The van der Waals surface area contributed by atoms with Crippen molar-refractivity contribution in [3.05, 3.63) is 125 Å². The zero-order valence-electron chi connectivity index (χ0n) is 26.3. The Hall–Kier alpha value is -5.10. The van der Waals surface area contributed by atoms with Crippen molar-refractivity contribution in [2.24, 2.45) is 0 Å². The highest BCUT2D eigenvalue weighted by Gasteiger charge is 2.18. The number of ether oxygens (including phenoxy) is 5. The molecule has 4 aromatic carbocycles. The third-order valence-electron chi connectivity index (χ3n) is 7.29. The molecule has 1 unspecified atom stereocenters. The Morgan fingerprint density at radius 2 is 1.47 bits per heavy atom. The first-order chi connectivity index (χ1) is 22.7. The van der Waals surface area contributed by atoms with Gasteiger partial charge < -0.3 is 38.8 Å². The molecular formula is C36H37BO10. The van der Waals surface area contributed by atoms with Gasteiger partial charge in [0.2, 0.25) is 6.29 Å². The zero-order chi connectivity index (χ0) is 33.8. The lowest BCUT2D eigenvalue weighted by atomic mass is 9.79. The van der Waals surface area contributed by atoms with Crippen molar-refractivity contribution in [1.82, 2.24) is 0 Å². The molecule has 244 valence electrons. The Balaban J connectivity index is 1.28. The molecule has 4 aromatic rings. The molecule has 0 saturated heterocycles. The minimum atomic E-state index is -1.65. The molecule has 0 fully saturated rings. The maximum absolute atomic E-state index is 12.9. The first-order valence-electron chi connectivity index (χ1n) is 15.0. The molecule has 0 aromatic heterocycles. The molecular weight excluding hydrogens is 603 g/mol. The summed E-state index contributed by atoms with van der Waals surface area (Å²) in [5.41, 5.74) is 3.30. The fourth-order valence-corrected chi connectivity index (χ4v) is 4.43. The van der Waals surface area contributed by atoms with Gasteiger partial charge in [-0.25, -0.2) is 9.59 Å². The van der Waals surface area contributed by atoms with E-state index >= 15 is 0 Å². The van der Waals surface area contributed by atoms with Crippen LogP contribution < -0.4 is 24.4 Å². The third-order valence-corrected chi connectivity index (χ3v) is 7.29. The van der Waals surface area contributed by atoms with Crippen molar-refractivity contribution in [3.63, 3.8) is 0 Å². The summed E-state index contributed by atoms with van der Waals surface area (Å²) < 4.78 is 27.9. The molecule has 0 saturated carbocycles. The predicted molar refractivity (Wildman–Crippen MR) is 176 cm³/mol. The molecule has 0 heterocycles. The molecule has 0 spiro atoms. The summed E-state index contributed by atoms with van der Waals surface area (Å²) in [6.07, 6.45) is 1.27. The van der Waals surface area contributed by atoms with Crippen molar-refractivity contribution >= 4 is 24.5 Å². The van der Waals surface area contributed by atoms with Gasteiger partial charge in [0.25, 0.3) is 0 Å². The summed E-state index contributed by atoms with van der Waals surface area (Å²) in [5.74, 6) is 0.804. The molecule has 0 aliphatic heterocycles. The second kappa shape index (κ2) is 17.0. The number of benzene rings is 4. The average molecular weight is 640 g/mol. The van der Waals surface area contributed by atoms with Gasteiger partial charge >= 0.3 is 19.1 Å². The molecule has 47 heavy (non-hydrogen) atoms. The fourth-order valence-electron chi connectivity index (χ4n) is 4.43. The van der Waals surface area contributed by atoms with E-state index in [2.05, 4.69) is 6.58 Å². The van der Waals surface area contributed by atoms with E-state index in [1.807, 2.05) is 6.92 Å². The fraction of sp³-hybridized carbons (Fsp3) is 0.222. The van der Waals surface area contributed by atoms with E-state index in [4.69, 9.17) is 23.7 Å². The SMILES string of the molecule is C=CC(=O)OCCCCOc1ccc(C(O)Oc2ccc(OC(=O)c3ccc(COc4ccccc4B(O)O)cc3)c(C)c2C)cc1. The Bertz CT molecular complexity index is 1650. The van der Waals surface area contributed by atoms with E-state index in [9.17, 15) is 24.7 Å². The van der Waals surface area contributed by atoms with Crippen molar-refractivity contribution < 1.29 is 48.4 Å². The zero-order valence-corrected chi connectivity index (χ0v) is 26.3. The van der Waals surface area contributed by atoms with Gasteiger partial charge in [-0.15, -0.1) is 0 Å². The molecule has 11 heteroatoms. The summed E-state index contributed by atoms with van der Waals surface area (Å²) >= 11 is 0. The number of carbonyl (C=O) groups is 2. The van der Waals surface area contributed by atoms with Gasteiger partial charge in [0.15, 0.2) is 0 Å². The van der Waals surface area contributed by atoms with Crippen LogP contribution in [0.5, 0.6) is 23.0 Å².